The summed E-state index contributed by atoms with van der Waals surface area (Å²) in [7, 11) is 1.88. The first kappa shape index (κ1) is 14.7. The molecule has 0 radical (unpaired) electrons. The molecule has 0 saturated carbocycles. The van der Waals surface area contributed by atoms with Crippen LogP contribution < -0.4 is 5.32 Å². The summed E-state index contributed by atoms with van der Waals surface area (Å²) < 4.78 is 3.87. The highest BCUT2D eigenvalue weighted by atomic mass is 79.9. The fraction of sp³-hybridized carbons (Fsp3) is 0.385. The third kappa shape index (κ3) is 4.12. The molecule has 1 unspecified atom stereocenters. The molecule has 1 aromatic heterocycles. The Labute approximate surface area is 129 Å². The highest BCUT2D eigenvalue weighted by Crippen LogP contribution is 2.26. The average molecular weight is 388 g/mol. The quantitative estimate of drug-likeness (QED) is 0.856. The van der Waals surface area contributed by atoms with Crippen molar-refractivity contribution in [1.82, 2.24) is 20.3 Å². The third-order valence-electron chi connectivity index (χ3n) is 2.80. The van der Waals surface area contributed by atoms with Crippen molar-refractivity contribution in [1.29, 1.82) is 0 Å². The maximum absolute atomic E-state index is 4.16. The Kier molecular flexibility index (Phi) is 5.13. The highest BCUT2D eigenvalue weighted by Gasteiger charge is 2.14. The second kappa shape index (κ2) is 6.63. The van der Waals surface area contributed by atoms with Gasteiger partial charge in [0.2, 0.25) is 0 Å². The van der Waals surface area contributed by atoms with Gasteiger partial charge in [0.05, 0.1) is 5.69 Å². The minimum Gasteiger partial charge on any atom is -0.310 e. The Morgan fingerprint density at radius 3 is 2.47 bits per heavy atom. The normalized spacial score (nSPS) is 12.6. The van der Waals surface area contributed by atoms with Gasteiger partial charge in [0, 0.05) is 34.7 Å². The van der Waals surface area contributed by atoms with Crippen LogP contribution in [0.4, 0.5) is 0 Å². The van der Waals surface area contributed by atoms with E-state index in [9.17, 15) is 0 Å². The Morgan fingerprint density at radius 2 is 1.95 bits per heavy atom. The predicted molar refractivity (Wildman–Crippen MR) is 83.0 cm³/mol. The molecule has 0 aliphatic carbocycles. The molecule has 0 amide bonds. The highest BCUT2D eigenvalue weighted by molar-refractivity contribution is 9.11. The van der Waals surface area contributed by atoms with Crippen molar-refractivity contribution in [3.63, 3.8) is 0 Å². The zero-order valence-electron chi connectivity index (χ0n) is 10.9. The molecule has 1 N–H and O–H groups in total. The van der Waals surface area contributed by atoms with E-state index in [1.807, 2.05) is 19.3 Å². The summed E-state index contributed by atoms with van der Waals surface area (Å²) >= 11 is 7.06. The van der Waals surface area contributed by atoms with Gasteiger partial charge in [-0.25, -0.2) is 0 Å². The number of halogens is 2. The first-order valence-corrected chi connectivity index (χ1v) is 7.71. The van der Waals surface area contributed by atoms with Gasteiger partial charge in [-0.1, -0.05) is 44.0 Å². The number of benzene rings is 1. The maximum atomic E-state index is 4.16. The van der Waals surface area contributed by atoms with E-state index >= 15 is 0 Å². The molecule has 1 atom stereocenters. The lowest BCUT2D eigenvalue weighted by atomic mass is 10.0. The Bertz CT molecular complexity index is 533. The fourth-order valence-corrected chi connectivity index (χ4v) is 3.36. The van der Waals surface area contributed by atoms with Gasteiger partial charge in [-0.2, -0.15) is 0 Å². The van der Waals surface area contributed by atoms with E-state index in [0.717, 1.165) is 27.6 Å². The van der Waals surface area contributed by atoms with E-state index in [-0.39, 0.29) is 6.04 Å². The van der Waals surface area contributed by atoms with Crippen molar-refractivity contribution in [2.75, 3.05) is 6.54 Å². The van der Waals surface area contributed by atoms with Crippen LogP contribution in [-0.2, 0) is 13.5 Å². The van der Waals surface area contributed by atoms with Crippen LogP contribution in [0.25, 0.3) is 0 Å². The molecule has 0 aliphatic rings. The van der Waals surface area contributed by atoms with Gasteiger partial charge in [-0.05, 0) is 30.3 Å². The minimum atomic E-state index is 0.232. The summed E-state index contributed by atoms with van der Waals surface area (Å²) in [6.07, 6.45) is 2.78. The lowest BCUT2D eigenvalue weighted by molar-refractivity contribution is 0.543. The molecule has 19 heavy (non-hydrogen) atoms. The molecule has 2 aromatic rings. The topological polar surface area (TPSA) is 42.7 Å². The van der Waals surface area contributed by atoms with Gasteiger partial charge in [0.1, 0.15) is 0 Å². The molecule has 1 aromatic carbocycles. The van der Waals surface area contributed by atoms with E-state index in [0.29, 0.717) is 0 Å². The number of rotatable bonds is 5. The lowest BCUT2D eigenvalue weighted by Crippen LogP contribution is -2.23. The third-order valence-corrected chi connectivity index (χ3v) is 3.72. The van der Waals surface area contributed by atoms with E-state index in [1.165, 1.54) is 5.56 Å². The number of likely N-dealkylation sites (N-methyl/N-ethyl adjacent to an activating group) is 1. The van der Waals surface area contributed by atoms with E-state index in [2.05, 4.69) is 66.5 Å². The second-order valence-electron chi connectivity index (χ2n) is 4.40. The van der Waals surface area contributed by atoms with E-state index in [4.69, 9.17) is 0 Å². The molecule has 0 fully saturated rings. The van der Waals surface area contributed by atoms with Gasteiger partial charge in [-0.3, -0.25) is 4.68 Å². The number of aryl methyl sites for hydroxylation is 1. The van der Waals surface area contributed by atoms with Crippen molar-refractivity contribution < 1.29 is 0 Å². The smallest absolute Gasteiger partial charge is 0.0845 e. The van der Waals surface area contributed by atoms with E-state index < -0.39 is 0 Å². The lowest BCUT2D eigenvalue weighted by Gasteiger charge is -2.18. The second-order valence-corrected chi connectivity index (χ2v) is 6.23. The molecule has 2 rings (SSSR count). The molecular weight excluding hydrogens is 372 g/mol. The van der Waals surface area contributed by atoms with Gasteiger partial charge in [-0.15, -0.1) is 5.10 Å². The van der Waals surface area contributed by atoms with Crippen molar-refractivity contribution in [2.24, 2.45) is 7.05 Å². The summed E-state index contributed by atoms with van der Waals surface area (Å²) in [5.41, 5.74) is 2.22. The van der Waals surface area contributed by atoms with Gasteiger partial charge in [0.25, 0.3) is 0 Å². The van der Waals surface area contributed by atoms with Gasteiger partial charge < -0.3 is 5.32 Å². The van der Waals surface area contributed by atoms with Gasteiger partial charge in [0.15, 0.2) is 0 Å². The largest absolute Gasteiger partial charge is 0.310 e. The Morgan fingerprint density at radius 1 is 1.26 bits per heavy atom. The SMILES string of the molecule is CCNC(Cc1cn(C)nn1)c1cc(Br)cc(Br)c1. The molecule has 0 bridgehead atoms. The molecule has 102 valence electrons. The summed E-state index contributed by atoms with van der Waals surface area (Å²) in [4.78, 5) is 0. The van der Waals surface area contributed by atoms with Crippen LogP contribution in [-0.4, -0.2) is 21.5 Å². The first-order chi connectivity index (χ1) is 9.08. The van der Waals surface area contributed by atoms with E-state index in [1.54, 1.807) is 4.68 Å². The number of aromatic nitrogens is 3. The van der Waals surface area contributed by atoms with Crippen LogP contribution in [0.2, 0.25) is 0 Å². The van der Waals surface area contributed by atoms with Crippen LogP contribution in [0.5, 0.6) is 0 Å². The average Bonchev–Trinajstić information content (AvgIpc) is 2.73. The summed E-state index contributed by atoms with van der Waals surface area (Å²) in [5, 5.41) is 11.6. The van der Waals surface area contributed by atoms with Crippen LogP contribution in [0.3, 0.4) is 0 Å². The number of nitrogens with zero attached hydrogens (tertiary/aromatic N) is 3. The number of hydrogen-bond donors (Lipinski definition) is 1. The number of nitrogens with one attached hydrogen (secondary N) is 1. The predicted octanol–water partition coefficient (Wildman–Crippen LogP) is 3.23. The summed E-state index contributed by atoms with van der Waals surface area (Å²) in [6.45, 7) is 3.02. The van der Waals surface area contributed by atoms with Crippen LogP contribution in [0.1, 0.15) is 24.2 Å². The maximum Gasteiger partial charge on any atom is 0.0845 e. The summed E-state index contributed by atoms with van der Waals surface area (Å²) in [5.74, 6) is 0. The standard InChI is InChI=1S/C13H16Br2N4/c1-3-16-13(7-12-8-19(2)18-17-12)9-4-10(14)6-11(15)5-9/h4-6,8,13,16H,3,7H2,1-2H3. The minimum absolute atomic E-state index is 0.232. The zero-order chi connectivity index (χ0) is 13.8. The number of hydrogen-bond acceptors (Lipinski definition) is 3. The molecule has 0 saturated heterocycles. The first-order valence-electron chi connectivity index (χ1n) is 6.13. The van der Waals surface area contributed by atoms with Crippen LogP contribution in [0.15, 0.2) is 33.3 Å². The van der Waals surface area contributed by atoms with Crippen LogP contribution in [0, 0.1) is 0 Å². The van der Waals surface area contributed by atoms with Crippen molar-refractivity contribution >= 4 is 31.9 Å². The molecular formula is C13H16Br2N4. The molecule has 6 heteroatoms. The molecule has 1 heterocycles. The van der Waals surface area contributed by atoms with Crippen molar-refractivity contribution in [3.05, 3.63) is 44.6 Å². The fourth-order valence-electron chi connectivity index (χ4n) is 2.03. The molecule has 4 nitrogen and oxygen atoms in total. The van der Waals surface area contributed by atoms with Gasteiger partial charge >= 0.3 is 0 Å². The molecule has 0 aliphatic heterocycles. The Hall–Kier alpha value is -0.720. The zero-order valence-corrected chi connectivity index (χ0v) is 14.1. The monoisotopic (exact) mass is 386 g/mol. The van der Waals surface area contributed by atoms with Crippen molar-refractivity contribution in [3.8, 4) is 0 Å². The Balaban J connectivity index is 2.23. The molecule has 0 spiro atoms. The van der Waals surface area contributed by atoms with Crippen LogP contribution >= 0.6 is 31.9 Å². The summed E-state index contributed by atoms with van der Waals surface area (Å²) in [6, 6.07) is 6.54. The van der Waals surface area contributed by atoms with Crippen molar-refractivity contribution in [2.45, 2.75) is 19.4 Å².